The van der Waals surface area contributed by atoms with E-state index in [2.05, 4.69) is 28.9 Å². The van der Waals surface area contributed by atoms with Gasteiger partial charge in [0.05, 0.1) is 6.54 Å². The topological polar surface area (TPSA) is 153 Å². The van der Waals surface area contributed by atoms with Gasteiger partial charge in [-0.2, -0.15) is 0 Å². The Morgan fingerprint density at radius 1 is 1.16 bits per heavy atom. The van der Waals surface area contributed by atoms with E-state index < -0.39 is 56.9 Å². The first-order chi connectivity index (χ1) is 24.0. The van der Waals surface area contributed by atoms with Crippen molar-refractivity contribution in [3.05, 3.63) is 36.5 Å². The molecule has 3 amide bonds. The lowest BCUT2D eigenvalue weighted by molar-refractivity contribution is -0.140. The molecule has 2 N–H and O–H groups in total. The summed E-state index contributed by atoms with van der Waals surface area (Å²) in [5, 5.41) is 4.33. The number of alkyl halides is 1. The van der Waals surface area contributed by atoms with Crippen molar-refractivity contribution < 1.29 is 41.4 Å². The van der Waals surface area contributed by atoms with Gasteiger partial charge in [-0.25, -0.2) is 17.8 Å². The van der Waals surface area contributed by atoms with E-state index in [1.54, 1.807) is 12.3 Å². The minimum absolute atomic E-state index is 0.126. The van der Waals surface area contributed by atoms with Gasteiger partial charge in [0.2, 0.25) is 27.7 Å². The Kier molecular flexibility index (Phi) is 9.19. The van der Waals surface area contributed by atoms with Crippen molar-refractivity contribution in [1.82, 2.24) is 19.9 Å². The van der Waals surface area contributed by atoms with E-state index in [-0.39, 0.29) is 50.5 Å². The third-order valence-electron chi connectivity index (χ3n) is 11.2. The van der Waals surface area contributed by atoms with E-state index in [4.69, 9.17) is 14.2 Å². The van der Waals surface area contributed by atoms with Crippen LogP contribution in [0.4, 0.5) is 4.39 Å². The fourth-order valence-electron chi connectivity index (χ4n) is 7.70. The molecule has 2 aromatic rings. The predicted octanol–water partition coefficient (Wildman–Crippen LogP) is 3.97. The number of aromatic nitrogens is 1. The summed E-state index contributed by atoms with van der Waals surface area (Å²) in [6.07, 6.45) is 8.99. The van der Waals surface area contributed by atoms with Gasteiger partial charge in [-0.3, -0.25) is 19.1 Å². The molecule has 1 aromatic heterocycles. The standard InChI is InChI=1S/C36H45FN4O8S/c1-3-23-16-22(2)6-4-5-7-24-19-36(24,34(44)40-50(45,46)35(21-37)11-12-35)39-32(43)28-18-25(20-41(28)30(42)17-23)49-33-27-8-9-29-31(48-15-14-47-29)26(27)10-13-38-33/h5,7-10,13,22-25,28H,3-4,6,11-12,14-21H2,1-2H3,(H,39,43)(H,40,44)/b7-5-/t22-,23-,24?,25-,28+,36-/m1/s1. The fraction of sp³-hybridized carbons (Fsp3) is 0.611. The van der Waals surface area contributed by atoms with Gasteiger partial charge in [0, 0.05) is 35.7 Å². The Labute approximate surface area is 291 Å². The second kappa shape index (κ2) is 13.3. The number of pyridine rings is 1. The third kappa shape index (κ3) is 6.39. The summed E-state index contributed by atoms with van der Waals surface area (Å²) < 4.78 is 58.4. The number of allylic oxidation sites excluding steroid dienone is 1. The summed E-state index contributed by atoms with van der Waals surface area (Å²) in [6.45, 7) is 4.13. The SMILES string of the molecule is CC[C@H]1CC(=O)N2C[C@H](Oc3nccc4c5c(ccc34)OCCO5)C[C@H]2C(=O)N[C@]2(C(=O)NS(=O)(=O)C3(CF)CC3)CC2/C=C\CC[C@@H](C)C1. The number of nitrogens with one attached hydrogen (secondary N) is 2. The molecule has 2 aliphatic carbocycles. The average Bonchev–Trinajstić information content (AvgIpc) is 4.01. The molecular weight excluding hydrogens is 667 g/mol. The maximum atomic E-state index is 14.2. The number of ether oxygens (including phenoxy) is 3. The van der Waals surface area contributed by atoms with Crippen LogP contribution in [0, 0.1) is 17.8 Å². The van der Waals surface area contributed by atoms with Crippen LogP contribution in [0.1, 0.15) is 71.6 Å². The molecule has 4 heterocycles. The summed E-state index contributed by atoms with van der Waals surface area (Å²) >= 11 is 0. The number of carbonyl (C=O) groups is 3. The van der Waals surface area contributed by atoms with Gasteiger partial charge in [0.25, 0.3) is 5.91 Å². The van der Waals surface area contributed by atoms with Crippen LogP contribution >= 0.6 is 0 Å². The molecular formula is C36H45FN4O8S. The minimum Gasteiger partial charge on any atom is -0.486 e. The van der Waals surface area contributed by atoms with Crippen molar-refractivity contribution in [2.75, 3.05) is 26.4 Å². The molecule has 14 heteroatoms. The fourth-order valence-corrected chi connectivity index (χ4v) is 9.13. The first-order valence-corrected chi connectivity index (χ1v) is 19.2. The normalized spacial score (nSPS) is 31.3. The van der Waals surface area contributed by atoms with Crippen molar-refractivity contribution in [1.29, 1.82) is 0 Å². The highest BCUT2D eigenvalue weighted by Gasteiger charge is 2.64. The van der Waals surface area contributed by atoms with Gasteiger partial charge < -0.3 is 24.4 Å². The molecule has 7 rings (SSSR count). The summed E-state index contributed by atoms with van der Waals surface area (Å²) in [6, 6.07) is 4.49. The second-order valence-corrected chi connectivity index (χ2v) is 16.8. The largest absolute Gasteiger partial charge is 0.486 e. The van der Waals surface area contributed by atoms with E-state index >= 15 is 0 Å². The van der Waals surface area contributed by atoms with Crippen LogP contribution in [0.5, 0.6) is 17.4 Å². The Hall–Kier alpha value is -3.94. The van der Waals surface area contributed by atoms with E-state index in [1.165, 1.54) is 4.90 Å². The summed E-state index contributed by atoms with van der Waals surface area (Å²) in [4.78, 5) is 48.0. The number of benzene rings is 1. The maximum Gasteiger partial charge on any atom is 0.259 e. The van der Waals surface area contributed by atoms with Gasteiger partial charge in [-0.1, -0.05) is 32.4 Å². The molecule has 1 saturated heterocycles. The third-order valence-corrected chi connectivity index (χ3v) is 13.3. The Bertz CT molecular complexity index is 1820. The number of carbonyl (C=O) groups excluding carboxylic acids is 3. The Balaban J connectivity index is 1.17. The summed E-state index contributed by atoms with van der Waals surface area (Å²) in [5.41, 5.74) is -1.54. The van der Waals surface area contributed by atoms with E-state index in [0.29, 0.717) is 41.9 Å². The Morgan fingerprint density at radius 3 is 2.72 bits per heavy atom. The van der Waals surface area contributed by atoms with Crippen LogP contribution in [-0.2, 0) is 24.4 Å². The minimum atomic E-state index is -4.31. The van der Waals surface area contributed by atoms with Crippen molar-refractivity contribution in [2.45, 2.75) is 94.1 Å². The zero-order chi connectivity index (χ0) is 35.3. The molecule has 3 aliphatic heterocycles. The van der Waals surface area contributed by atoms with Crippen LogP contribution < -0.4 is 24.2 Å². The summed E-state index contributed by atoms with van der Waals surface area (Å²) in [7, 11) is -4.31. The first kappa shape index (κ1) is 34.5. The number of fused-ring (bicyclic) bond motifs is 5. The molecule has 0 bridgehead atoms. The number of hydrogen-bond donors (Lipinski definition) is 2. The molecule has 270 valence electrons. The molecule has 0 spiro atoms. The highest BCUT2D eigenvalue weighted by atomic mass is 32.2. The molecule has 1 unspecified atom stereocenters. The van der Waals surface area contributed by atoms with Gasteiger partial charge in [0.15, 0.2) is 11.5 Å². The van der Waals surface area contributed by atoms with Crippen LogP contribution in [0.3, 0.4) is 0 Å². The lowest BCUT2D eigenvalue weighted by Crippen LogP contribution is -2.57. The number of sulfonamides is 1. The molecule has 6 atom stereocenters. The number of nitrogens with zero attached hydrogens (tertiary/aromatic N) is 2. The van der Waals surface area contributed by atoms with Gasteiger partial charge in [-0.15, -0.1) is 0 Å². The molecule has 2 saturated carbocycles. The molecule has 3 fully saturated rings. The number of hydrogen-bond acceptors (Lipinski definition) is 9. The number of amides is 3. The second-order valence-electron chi connectivity index (χ2n) is 14.7. The zero-order valence-electron chi connectivity index (χ0n) is 28.5. The van der Waals surface area contributed by atoms with Crippen molar-refractivity contribution in [3.8, 4) is 17.4 Å². The van der Waals surface area contributed by atoms with E-state index in [9.17, 15) is 27.2 Å². The van der Waals surface area contributed by atoms with Crippen molar-refractivity contribution >= 4 is 38.5 Å². The van der Waals surface area contributed by atoms with Crippen LogP contribution in [0.15, 0.2) is 36.5 Å². The van der Waals surface area contributed by atoms with Gasteiger partial charge in [-0.05, 0) is 68.6 Å². The first-order valence-electron chi connectivity index (χ1n) is 17.7. The number of halogens is 1. The quantitative estimate of drug-likeness (QED) is 0.406. The van der Waals surface area contributed by atoms with Crippen LogP contribution in [0.2, 0.25) is 0 Å². The smallest absolute Gasteiger partial charge is 0.259 e. The zero-order valence-corrected chi connectivity index (χ0v) is 29.3. The lowest BCUT2D eigenvalue weighted by Gasteiger charge is -2.28. The molecule has 12 nitrogen and oxygen atoms in total. The van der Waals surface area contributed by atoms with Crippen LogP contribution in [0.25, 0.3) is 10.8 Å². The molecule has 5 aliphatic rings. The van der Waals surface area contributed by atoms with Gasteiger partial charge >= 0.3 is 0 Å². The van der Waals surface area contributed by atoms with Crippen molar-refractivity contribution in [2.24, 2.45) is 17.8 Å². The average molecular weight is 713 g/mol. The van der Waals surface area contributed by atoms with E-state index in [1.807, 2.05) is 24.3 Å². The van der Waals surface area contributed by atoms with E-state index in [0.717, 1.165) is 31.1 Å². The molecule has 0 radical (unpaired) electrons. The summed E-state index contributed by atoms with van der Waals surface area (Å²) in [5.74, 6) is -0.0546. The van der Waals surface area contributed by atoms with Crippen LogP contribution in [-0.4, -0.2) is 84.9 Å². The number of rotatable bonds is 7. The molecule has 1 aromatic carbocycles. The highest BCUT2D eigenvalue weighted by molar-refractivity contribution is 7.91. The lowest BCUT2D eigenvalue weighted by atomic mass is 9.88. The molecule has 50 heavy (non-hydrogen) atoms. The maximum absolute atomic E-state index is 14.2. The Morgan fingerprint density at radius 2 is 1.96 bits per heavy atom. The monoisotopic (exact) mass is 712 g/mol. The van der Waals surface area contributed by atoms with Crippen molar-refractivity contribution in [3.63, 3.8) is 0 Å². The predicted molar refractivity (Wildman–Crippen MR) is 182 cm³/mol. The highest BCUT2D eigenvalue weighted by Crippen LogP contribution is 2.48. The van der Waals surface area contributed by atoms with Gasteiger partial charge in [0.1, 0.15) is 42.3 Å².